The molecular formula is C33H34N2O5S. The molecule has 7 nitrogen and oxygen atoms in total. The Morgan fingerprint density at radius 3 is 2.49 bits per heavy atom. The van der Waals surface area contributed by atoms with Crippen LogP contribution in [0.15, 0.2) is 81.7 Å². The van der Waals surface area contributed by atoms with E-state index in [2.05, 4.69) is 0 Å². The van der Waals surface area contributed by atoms with Crippen LogP contribution in [0.4, 0.5) is 0 Å². The van der Waals surface area contributed by atoms with Gasteiger partial charge in [0.1, 0.15) is 11.5 Å². The number of carbonyl (C=O) groups is 1. The van der Waals surface area contributed by atoms with Crippen LogP contribution in [0.25, 0.3) is 16.8 Å². The number of benzene rings is 3. The number of nitrogens with zero attached hydrogens (tertiary/aromatic N) is 2. The lowest BCUT2D eigenvalue weighted by molar-refractivity contribution is -0.139. The molecule has 0 unspecified atom stereocenters. The number of thiazole rings is 1. The fraction of sp³-hybridized carbons (Fsp3) is 0.303. The van der Waals surface area contributed by atoms with Crippen LogP contribution in [0.5, 0.6) is 11.5 Å². The minimum atomic E-state index is -0.688. The fourth-order valence-electron chi connectivity index (χ4n) is 5.05. The lowest BCUT2D eigenvalue weighted by Gasteiger charge is -2.25. The molecule has 8 heteroatoms. The Kier molecular flexibility index (Phi) is 8.13. The van der Waals surface area contributed by atoms with Gasteiger partial charge in [0.25, 0.3) is 5.56 Å². The second kappa shape index (κ2) is 11.7. The zero-order chi connectivity index (χ0) is 29.3. The van der Waals surface area contributed by atoms with Crippen molar-refractivity contribution >= 4 is 34.2 Å². The summed E-state index contributed by atoms with van der Waals surface area (Å²) in [7, 11) is 0. The number of aromatic nitrogens is 1. The molecule has 0 spiro atoms. The molecule has 0 fully saturated rings. The molecule has 0 bridgehead atoms. The average molecular weight is 571 g/mol. The van der Waals surface area contributed by atoms with Gasteiger partial charge in [0.15, 0.2) is 4.80 Å². The van der Waals surface area contributed by atoms with Gasteiger partial charge in [-0.3, -0.25) is 9.36 Å². The molecule has 3 aromatic carbocycles. The first-order valence-corrected chi connectivity index (χ1v) is 14.6. The first-order chi connectivity index (χ1) is 19.7. The van der Waals surface area contributed by atoms with Crippen molar-refractivity contribution in [3.63, 3.8) is 0 Å². The van der Waals surface area contributed by atoms with E-state index in [9.17, 15) is 9.59 Å². The van der Waals surface area contributed by atoms with Crippen LogP contribution in [0.3, 0.4) is 0 Å². The van der Waals surface area contributed by atoms with Gasteiger partial charge in [-0.1, -0.05) is 53.8 Å². The van der Waals surface area contributed by atoms with Gasteiger partial charge in [-0.25, -0.2) is 9.79 Å². The van der Waals surface area contributed by atoms with Gasteiger partial charge in [0.2, 0.25) is 0 Å². The van der Waals surface area contributed by atoms with Crippen molar-refractivity contribution in [2.75, 3.05) is 6.61 Å². The lowest BCUT2D eigenvalue weighted by Crippen LogP contribution is -2.40. The third-order valence-electron chi connectivity index (χ3n) is 6.64. The van der Waals surface area contributed by atoms with Gasteiger partial charge in [0.05, 0.1) is 40.7 Å². The molecule has 0 aliphatic carbocycles. The predicted molar refractivity (Wildman–Crippen MR) is 162 cm³/mol. The highest BCUT2D eigenvalue weighted by atomic mass is 32.1. The van der Waals surface area contributed by atoms with E-state index in [4.69, 9.17) is 19.2 Å². The van der Waals surface area contributed by atoms with Crippen LogP contribution < -0.4 is 24.4 Å². The standard InChI is InChI=1S/C33H34N2O5S/c1-7-38-32(37)29-21(6)34-33-35(30(29)26-14-10-12-22-11-8-9-13-25(22)26)31(36)28(41-33)17-23-15-16-24(39-19(2)3)18-27(23)40-20(4)5/h8-20,30H,7H2,1-6H3/b28-17+/t30-/m0/s1. The average Bonchev–Trinajstić information content (AvgIpc) is 3.22. The smallest absolute Gasteiger partial charge is 0.338 e. The van der Waals surface area contributed by atoms with Crippen LogP contribution >= 0.6 is 11.3 Å². The first-order valence-electron chi connectivity index (χ1n) is 13.8. The van der Waals surface area contributed by atoms with Crippen LogP contribution in [0, 0.1) is 0 Å². The van der Waals surface area contributed by atoms with Gasteiger partial charge >= 0.3 is 5.97 Å². The minimum absolute atomic E-state index is 0.0161. The summed E-state index contributed by atoms with van der Waals surface area (Å²) >= 11 is 1.29. The predicted octanol–water partition coefficient (Wildman–Crippen LogP) is 5.53. The zero-order valence-corrected chi connectivity index (χ0v) is 25.0. The Balaban J connectivity index is 1.73. The molecular weight excluding hydrogens is 536 g/mol. The van der Waals surface area contributed by atoms with Gasteiger partial charge < -0.3 is 14.2 Å². The Hall–Kier alpha value is -4.17. The van der Waals surface area contributed by atoms with Crippen LogP contribution in [0.2, 0.25) is 0 Å². The molecule has 0 amide bonds. The maximum atomic E-state index is 14.2. The molecule has 1 aliphatic rings. The number of hydrogen-bond donors (Lipinski definition) is 0. The van der Waals surface area contributed by atoms with Crippen molar-refractivity contribution < 1.29 is 19.0 Å². The van der Waals surface area contributed by atoms with E-state index < -0.39 is 12.0 Å². The fourth-order valence-corrected chi connectivity index (χ4v) is 6.09. The minimum Gasteiger partial charge on any atom is -0.491 e. The van der Waals surface area contributed by atoms with Crippen molar-refractivity contribution in [3.8, 4) is 11.5 Å². The quantitative estimate of drug-likeness (QED) is 0.261. The van der Waals surface area contributed by atoms with Crippen molar-refractivity contribution in [1.82, 2.24) is 4.57 Å². The highest BCUT2D eigenvalue weighted by molar-refractivity contribution is 7.07. The number of hydrogen-bond acceptors (Lipinski definition) is 7. The first kappa shape index (κ1) is 28.4. The maximum Gasteiger partial charge on any atom is 0.338 e. The van der Waals surface area contributed by atoms with Crippen molar-refractivity contribution in [1.29, 1.82) is 0 Å². The summed E-state index contributed by atoms with van der Waals surface area (Å²) in [6.07, 6.45) is 1.77. The molecule has 4 aromatic rings. The molecule has 0 radical (unpaired) electrons. The number of carbonyl (C=O) groups excluding carboxylic acids is 1. The zero-order valence-electron chi connectivity index (χ0n) is 24.1. The molecule has 0 saturated heterocycles. The summed E-state index contributed by atoms with van der Waals surface area (Å²) in [6, 6.07) is 18.8. The van der Waals surface area contributed by atoms with E-state index in [-0.39, 0.29) is 24.4 Å². The van der Waals surface area contributed by atoms with Gasteiger partial charge in [-0.15, -0.1) is 0 Å². The Labute approximate surface area is 243 Å². The molecule has 5 rings (SSSR count). The summed E-state index contributed by atoms with van der Waals surface area (Å²) in [6.45, 7) is 11.6. The number of allylic oxidation sites excluding steroid dienone is 1. The summed E-state index contributed by atoms with van der Waals surface area (Å²) in [5.74, 6) is 0.840. The third kappa shape index (κ3) is 5.70. The van der Waals surface area contributed by atoms with E-state index in [0.717, 1.165) is 21.9 Å². The molecule has 1 atom stereocenters. The highest BCUT2D eigenvalue weighted by Gasteiger charge is 2.34. The highest BCUT2D eigenvalue weighted by Crippen LogP contribution is 2.35. The Morgan fingerprint density at radius 1 is 1.02 bits per heavy atom. The number of esters is 1. The second-order valence-corrected chi connectivity index (χ2v) is 11.4. The van der Waals surface area contributed by atoms with E-state index >= 15 is 0 Å². The molecule has 1 aromatic heterocycles. The van der Waals surface area contributed by atoms with Gasteiger partial charge in [-0.05, 0) is 76.1 Å². The van der Waals surface area contributed by atoms with Crippen molar-refractivity contribution in [2.45, 2.75) is 59.8 Å². The normalized spacial score (nSPS) is 15.3. The molecule has 2 heterocycles. The van der Waals surface area contributed by atoms with Crippen molar-refractivity contribution in [3.05, 3.63) is 103 Å². The number of fused-ring (bicyclic) bond motifs is 2. The Bertz CT molecular complexity index is 1830. The summed E-state index contributed by atoms with van der Waals surface area (Å²) < 4.78 is 19.5. The summed E-state index contributed by atoms with van der Waals surface area (Å²) in [5, 5.41) is 1.98. The lowest BCUT2D eigenvalue weighted by atomic mass is 9.91. The Morgan fingerprint density at radius 2 is 1.76 bits per heavy atom. The monoisotopic (exact) mass is 570 g/mol. The molecule has 41 heavy (non-hydrogen) atoms. The SMILES string of the molecule is CCOC(=O)C1=C(C)N=c2s/c(=C/c3ccc(OC(C)C)cc3OC(C)C)c(=O)n2[C@H]1c1cccc2ccccc12. The number of ether oxygens (including phenoxy) is 3. The summed E-state index contributed by atoms with van der Waals surface area (Å²) in [5.41, 5.74) is 2.25. The van der Waals surface area contributed by atoms with E-state index in [1.807, 2.05) is 94.4 Å². The van der Waals surface area contributed by atoms with Gasteiger partial charge in [0, 0.05) is 11.6 Å². The van der Waals surface area contributed by atoms with E-state index in [1.165, 1.54) is 11.3 Å². The molecule has 0 saturated carbocycles. The van der Waals surface area contributed by atoms with Crippen molar-refractivity contribution in [2.24, 2.45) is 4.99 Å². The van der Waals surface area contributed by atoms with E-state index in [1.54, 1.807) is 18.4 Å². The topological polar surface area (TPSA) is 79.1 Å². The summed E-state index contributed by atoms with van der Waals surface area (Å²) in [4.78, 5) is 32.7. The molecule has 0 N–H and O–H groups in total. The van der Waals surface area contributed by atoms with Crippen LogP contribution in [0.1, 0.15) is 58.7 Å². The van der Waals surface area contributed by atoms with Gasteiger partial charge in [-0.2, -0.15) is 0 Å². The maximum absolute atomic E-state index is 14.2. The number of rotatable bonds is 8. The second-order valence-electron chi connectivity index (χ2n) is 10.4. The molecule has 1 aliphatic heterocycles. The largest absolute Gasteiger partial charge is 0.491 e. The molecule has 212 valence electrons. The van der Waals surface area contributed by atoms with Crippen LogP contribution in [-0.2, 0) is 9.53 Å². The van der Waals surface area contributed by atoms with Crippen LogP contribution in [-0.4, -0.2) is 29.4 Å². The van der Waals surface area contributed by atoms with E-state index in [0.29, 0.717) is 32.1 Å². The third-order valence-corrected chi connectivity index (χ3v) is 7.62.